The Hall–Kier alpha value is -1.71. The lowest BCUT2D eigenvalue weighted by Crippen LogP contribution is -2.19. The molecule has 0 fully saturated rings. The predicted octanol–water partition coefficient (Wildman–Crippen LogP) is 2.38. The van der Waals surface area contributed by atoms with Crippen LogP contribution in [0.25, 0.3) is 0 Å². The van der Waals surface area contributed by atoms with Crippen molar-refractivity contribution in [3.63, 3.8) is 0 Å². The molecule has 1 aromatic rings. The Bertz CT molecular complexity index is 360. The number of amides is 1. The first-order chi connectivity index (χ1) is 7.74. The molecule has 0 atom stereocenters. The molecule has 0 aromatic carbocycles. The van der Waals surface area contributed by atoms with Crippen LogP contribution in [0, 0.1) is 0 Å². The van der Waals surface area contributed by atoms with Crippen molar-refractivity contribution >= 4 is 11.6 Å². The molecule has 0 bridgehead atoms. The number of pyridine rings is 1. The third kappa shape index (κ3) is 4.21. The van der Waals surface area contributed by atoms with Gasteiger partial charge >= 0.3 is 0 Å². The van der Waals surface area contributed by atoms with Crippen molar-refractivity contribution in [2.45, 2.75) is 33.1 Å². The van der Waals surface area contributed by atoms with Crippen LogP contribution in [-0.4, -0.2) is 16.6 Å². The van der Waals surface area contributed by atoms with Gasteiger partial charge in [0.25, 0.3) is 5.91 Å². The topological polar surface area (TPSA) is 54.4 Å². The monoisotopic (exact) mass is 219 g/mol. The van der Waals surface area contributed by atoms with Gasteiger partial charge in [0.15, 0.2) is 0 Å². The molecule has 0 aliphatic rings. The molecule has 0 unspecified atom stereocenters. The summed E-state index contributed by atoms with van der Waals surface area (Å²) in [5, 5.41) is 4.03. The van der Waals surface area contributed by atoms with Crippen LogP contribution >= 0.6 is 0 Å². The molecule has 16 heavy (non-hydrogen) atoms. The standard InChI is InChI=1S/C12H17N3O/c1-3-4-6-10(2)14-15-12(16)11-7-5-8-13-9-11/h5,7-9H,3-4,6H2,1-2H3,(H,15,16). The van der Waals surface area contributed by atoms with Crippen molar-refractivity contribution in [2.24, 2.45) is 5.10 Å². The number of nitrogens with zero attached hydrogens (tertiary/aromatic N) is 2. The molecule has 86 valence electrons. The second kappa shape index (κ2) is 6.71. The maximum atomic E-state index is 11.6. The number of aromatic nitrogens is 1. The van der Waals surface area contributed by atoms with E-state index in [1.54, 1.807) is 18.3 Å². The molecule has 4 nitrogen and oxygen atoms in total. The van der Waals surface area contributed by atoms with Crippen LogP contribution in [0.4, 0.5) is 0 Å². The van der Waals surface area contributed by atoms with Gasteiger partial charge in [-0.05, 0) is 31.9 Å². The van der Waals surface area contributed by atoms with Crippen LogP contribution in [0.2, 0.25) is 0 Å². The van der Waals surface area contributed by atoms with Crippen molar-refractivity contribution < 1.29 is 4.79 Å². The molecule has 1 N–H and O–H groups in total. The summed E-state index contributed by atoms with van der Waals surface area (Å²) in [5.41, 5.74) is 3.98. The Morgan fingerprint density at radius 3 is 3.00 bits per heavy atom. The van der Waals surface area contributed by atoms with E-state index in [0.29, 0.717) is 5.56 Å². The summed E-state index contributed by atoms with van der Waals surface area (Å²) >= 11 is 0. The number of hydrogen-bond acceptors (Lipinski definition) is 3. The average Bonchev–Trinajstić information content (AvgIpc) is 2.34. The Balaban J connectivity index is 2.46. The Morgan fingerprint density at radius 1 is 1.56 bits per heavy atom. The van der Waals surface area contributed by atoms with Crippen LogP contribution in [0.1, 0.15) is 43.5 Å². The highest BCUT2D eigenvalue weighted by atomic mass is 16.2. The Morgan fingerprint density at radius 2 is 2.38 bits per heavy atom. The van der Waals surface area contributed by atoms with E-state index in [-0.39, 0.29) is 5.91 Å². The quantitative estimate of drug-likeness (QED) is 0.610. The number of hydrazone groups is 1. The van der Waals surface area contributed by atoms with Crippen molar-refractivity contribution in [1.29, 1.82) is 0 Å². The zero-order chi connectivity index (χ0) is 11.8. The molecule has 1 aromatic heterocycles. The maximum Gasteiger partial charge on any atom is 0.272 e. The highest BCUT2D eigenvalue weighted by molar-refractivity contribution is 5.94. The molecular weight excluding hydrogens is 202 g/mol. The zero-order valence-electron chi connectivity index (χ0n) is 9.73. The summed E-state index contributed by atoms with van der Waals surface area (Å²) in [6.07, 6.45) is 6.30. The van der Waals surface area contributed by atoms with Gasteiger partial charge < -0.3 is 0 Å². The van der Waals surface area contributed by atoms with Gasteiger partial charge in [0.2, 0.25) is 0 Å². The Kier molecular flexibility index (Phi) is 5.19. The fourth-order valence-corrected chi connectivity index (χ4v) is 1.20. The van der Waals surface area contributed by atoms with Crippen LogP contribution in [0.3, 0.4) is 0 Å². The number of hydrogen-bond donors (Lipinski definition) is 1. The molecule has 0 saturated carbocycles. The lowest BCUT2D eigenvalue weighted by atomic mass is 10.2. The molecule has 1 rings (SSSR count). The summed E-state index contributed by atoms with van der Waals surface area (Å²) in [7, 11) is 0. The second-order valence-electron chi connectivity index (χ2n) is 3.63. The van der Waals surface area contributed by atoms with E-state index in [1.807, 2.05) is 6.92 Å². The summed E-state index contributed by atoms with van der Waals surface area (Å²) in [6, 6.07) is 3.43. The van der Waals surface area contributed by atoms with Gasteiger partial charge in [-0.15, -0.1) is 0 Å². The molecule has 0 aliphatic heterocycles. The molecular formula is C12H17N3O. The van der Waals surface area contributed by atoms with Crippen LogP contribution in [0.15, 0.2) is 29.6 Å². The molecule has 1 amide bonds. The summed E-state index contributed by atoms with van der Waals surface area (Å²) in [6.45, 7) is 4.04. The summed E-state index contributed by atoms with van der Waals surface area (Å²) < 4.78 is 0. The number of rotatable bonds is 5. The molecule has 4 heteroatoms. The van der Waals surface area contributed by atoms with E-state index >= 15 is 0 Å². The fraction of sp³-hybridized carbons (Fsp3) is 0.417. The van der Waals surface area contributed by atoms with E-state index in [1.165, 1.54) is 6.20 Å². The van der Waals surface area contributed by atoms with E-state index in [9.17, 15) is 4.79 Å². The lowest BCUT2D eigenvalue weighted by molar-refractivity contribution is 0.0954. The SMILES string of the molecule is CCCCC(C)=NNC(=O)c1cccnc1. The minimum Gasteiger partial charge on any atom is -0.267 e. The molecule has 0 saturated heterocycles. The predicted molar refractivity (Wildman–Crippen MR) is 64.3 cm³/mol. The normalized spacial score (nSPS) is 11.2. The molecule has 0 spiro atoms. The smallest absolute Gasteiger partial charge is 0.267 e. The van der Waals surface area contributed by atoms with Crippen molar-refractivity contribution in [3.8, 4) is 0 Å². The van der Waals surface area contributed by atoms with Crippen molar-refractivity contribution in [2.75, 3.05) is 0 Å². The minimum atomic E-state index is -0.219. The van der Waals surface area contributed by atoms with Gasteiger partial charge in [0.1, 0.15) is 0 Å². The van der Waals surface area contributed by atoms with Gasteiger partial charge in [0, 0.05) is 18.1 Å². The van der Waals surface area contributed by atoms with Crippen LogP contribution in [-0.2, 0) is 0 Å². The van der Waals surface area contributed by atoms with Gasteiger partial charge in [0.05, 0.1) is 5.56 Å². The first kappa shape index (κ1) is 12.4. The van der Waals surface area contributed by atoms with Crippen molar-refractivity contribution in [3.05, 3.63) is 30.1 Å². The number of nitrogens with one attached hydrogen (secondary N) is 1. The van der Waals surface area contributed by atoms with Crippen molar-refractivity contribution in [1.82, 2.24) is 10.4 Å². The van der Waals surface area contributed by atoms with Gasteiger partial charge in [-0.2, -0.15) is 5.10 Å². The molecule has 0 aliphatic carbocycles. The minimum absolute atomic E-state index is 0.219. The van der Waals surface area contributed by atoms with E-state index < -0.39 is 0 Å². The maximum absolute atomic E-state index is 11.6. The van der Waals surface area contributed by atoms with Gasteiger partial charge in [-0.25, -0.2) is 5.43 Å². The number of carbonyl (C=O) groups is 1. The molecule has 1 heterocycles. The summed E-state index contributed by atoms with van der Waals surface area (Å²) in [5.74, 6) is -0.219. The third-order valence-electron chi connectivity index (χ3n) is 2.16. The lowest BCUT2D eigenvalue weighted by Gasteiger charge is -2.01. The van der Waals surface area contributed by atoms with Gasteiger partial charge in [-0.1, -0.05) is 13.3 Å². The average molecular weight is 219 g/mol. The number of unbranched alkanes of at least 4 members (excludes halogenated alkanes) is 1. The first-order valence-corrected chi connectivity index (χ1v) is 5.47. The van der Waals surface area contributed by atoms with E-state index in [2.05, 4.69) is 22.4 Å². The van der Waals surface area contributed by atoms with Crippen LogP contribution in [0.5, 0.6) is 0 Å². The second-order valence-corrected chi connectivity index (χ2v) is 3.63. The van der Waals surface area contributed by atoms with Gasteiger partial charge in [-0.3, -0.25) is 9.78 Å². The van der Waals surface area contributed by atoms with Crippen LogP contribution < -0.4 is 5.43 Å². The first-order valence-electron chi connectivity index (χ1n) is 5.47. The fourth-order valence-electron chi connectivity index (χ4n) is 1.20. The highest BCUT2D eigenvalue weighted by Gasteiger charge is 2.02. The summed E-state index contributed by atoms with van der Waals surface area (Å²) in [4.78, 5) is 15.4. The van der Waals surface area contributed by atoms with E-state index in [0.717, 1.165) is 25.0 Å². The Labute approximate surface area is 95.8 Å². The largest absolute Gasteiger partial charge is 0.272 e. The molecule has 0 radical (unpaired) electrons. The number of carbonyl (C=O) groups excluding carboxylic acids is 1. The highest BCUT2D eigenvalue weighted by Crippen LogP contribution is 1.97. The van der Waals surface area contributed by atoms with E-state index in [4.69, 9.17) is 0 Å². The third-order valence-corrected chi connectivity index (χ3v) is 2.16. The zero-order valence-corrected chi connectivity index (χ0v) is 9.73.